The van der Waals surface area contributed by atoms with E-state index in [0.717, 1.165) is 38.7 Å². The van der Waals surface area contributed by atoms with E-state index in [4.69, 9.17) is 9.47 Å². The average Bonchev–Trinajstić information content (AvgIpc) is 2.48. The number of rotatable bonds is 14. The van der Waals surface area contributed by atoms with E-state index in [2.05, 4.69) is 31.3 Å². The van der Waals surface area contributed by atoms with Gasteiger partial charge in [-0.3, -0.25) is 0 Å². The van der Waals surface area contributed by atoms with Gasteiger partial charge < -0.3 is 19.3 Å². The maximum absolute atomic E-state index is 11.0. The zero-order valence-electron chi connectivity index (χ0n) is 15.6. The molecule has 5 nitrogen and oxygen atoms in total. The molecule has 0 aromatic heterocycles. The lowest BCUT2D eigenvalue weighted by Crippen LogP contribution is -2.22. The van der Waals surface area contributed by atoms with Crippen LogP contribution in [0.1, 0.15) is 45.4 Å². The van der Waals surface area contributed by atoms with Gasteiger partial charge in [0.1, 0.15) is 6.79 Å². The van der Waals surface area contributed by atoms with Crippen LogP contribution in [-0.4, -0.2) is 51.9 Å². The average molecular weight is 349 g/mol. The molecule has 0 saturated heterocycles. The van der Waals surface area contributed by atoms with Crippen molar-refractivity contribution in [1.29, 1.82) is 0 Å². The van der Waals surface area contributed by atoms with E-state index < -0.39 is 20.1 Å². The highest BCUT2D eigenvalue weighted by molar-refractivity contribution is 6.76. The summed E-state index contributed by atoms with van der Waals surface area (Å²) in [6, 6.07) is 1.17. The number of hydrogen-bond donors (Lipinski definition) is 1. The van der Waals surface area contributed by atoms with Crippen LogP contribution in [0, 0.1) is 0 Å². The van der Waals surface area contributed by atoms with E-state index in [-0.39, 0.29) is 6.10 Å². The molecule has 0 amide bonds. The Hall–Kier alpha value is -0.433. The van der Waals surface area contributed by atoms with Crippen LogP contribution in [0.15, 0.2) is 0 Å². The maximum atomic E-state index is 11.0. The first-order chi connectivity index (χ1) is 10.8. The third-order valence-corrected chi connectivity index (χ3v) is 5.45. The molecule has 0 bridgehead atoms. The highest BCUT2D eigenvalue weighted by atomic mass is 28.3. The van der Waals surface area contributed by atoms with E-state index in [0.29, 0.717) is 13.2 Å². The molecular weight excluding hydrogens is 312 g/mol. The largest absolute Gasteiger partial charge is 0.467 e. The minimum absolute atomic E-state index is 0.211. The smallest absolute Gasteiger partial charge is 0.334 e. The van der Waals surface area contributed by atoms with Crippen LogP contribution in [0.4, 0.5) is 0 Å². The Kier molecular flexibility index (Phi) is 12.7. The molecular formula is C17H36O5Si. The predicted octanol–water partition coefficient (Wildman–Crippen LogP) is 3.58. The summed E-state index contributed by atoms with van der Waals surface area (Å²) in [4.78, 5) is 11.0. The molecule has 0 aliphatic heterocycles. The quantitative estimate of drug-likeness (QED) is 0.225. The summed E-state index contributed by atoms with van der Waals surface area (Å²) in [5, 5.41) is 9.45. The second-order valence-corrected chi connectivity index (χ2v) is 13.0. The van der Waals surface area contributed by atoms with Gasteiger partial charge in [-0.25, -0.2) is 4.79 Å². The summed E-state index contributed by atoms with van der Waals surface area (Å²) >= 11 is 0. The van der Waals surface area contributed by atoms with Crippen LogP contribution < -0.4 is 0 Å². The number of esters is 1. The van der Waals surface area contributed by atoms with Crippen LogP contribution in [0.25, 0.3) is 0 Å². The Morgan fingerprint density at radius 1 is 1.09 bits per heavy atom. The van der Waals surface area contributed by atoms with Gasteiger partial charge in [-0.2, -0.15) is 0 Å². The van der Waals surface area contributed by atoms with E-state index in [1.165, 1.54) is 13.2 Å². The molecule has 138 valence electrons. The van der Waals surface area contributed by atoms with Crippen LogP contribution in [0.3, 0.4) is 0 Å². The molecule has 2 atom stereocenters. The lowest BCUT2D eigenvalue weighted by Gasteiger charge is -2.17. The van der Waals surface area contributed by atoms with Gasteiger partial charge in [0.25, 0.3) is 0 Å². The molecule has 0 unspecified atom stereocenters. The molecule has 0 radical (unpaired) electrons. The number of ether oxygens (including phenoxy) is 3. The predicted molar refractivity (Wildman–Crippen MR) is 95.2 cm³/mol. The highest BCUT2D eigenvalue weighted by Crippen LogP contribution is 2.11. The molecule has 23 heavy (non-hydrogen) atoms. The SMILES string of the molecule is COC(=O)[C@H](O)CCCCCC[C@H](C)OCOCC[Si](C)(C)C. The molecule has 0 aromatic carbocycles. The van der Waals surface area contributed by atoms with Gasteiger partial charge in [0.2, 0.25) is 0 Å². The van der Waals surface area contributed by atoms with Crippen molar-refractivity contribution < 1.29 is 24.1 Å². The van der Waals surface area contributed by atoms with Gasteiger partial charge in [-0.05, 0) is 25.8 Å². The normalized spacial score (nSPS) is 14.5. The second-order valence-electron chi connectivity index (χ2n) is 7.34. The van der Waals surface area contributed by atoms with E-state index in [1.54, 1.807) is 0 Å². The van der Waals surface area contributed by atoms with Crippen LogP contribution in [-0.2, 0) is 19.0 Å². The molecule has 0 rings (SSSR count). The molecule has 0 saturated carbocycles. The van der Waals surface area contributed by atoms with Crippen LogP contribution >= 0.6 is 0 Å². The summed E-state index contributed by atoms with van der Waals surface area (Å²) in [5.41, 5.74) is 0. The zero-order chi connectivity index (χ0) is 17.7. The molecule has 0 fully saturated rings. The Morgan fingerprint density at radius 2 is 1.70 bits per heavy atom. The highest BCUT2D eigenvalue weighted by Gasteiger charge is 2.14. The lowest BCUT2D eigenvalue weighted by molar-refractivity contribution is -0.150. The number of aliphatic hydroxyl groups excluding tert-OH is 1. The second kappa shape index (κ2) is 12.9. The Bertz CT molecular complexity index is 304. The van der Waals surface area contributed by atoms with Gasteiger partial charge in [-0.1, -0.05) is 45.3 Å². The Morgan fingerprint density at radius 3 is 2.26 bits per heavy atom. The first kappa shape index (κ1) is 22.6. The number of aliphatic hydroxyl groups is 1. The van der Waals surface area contributed by atoms with Crippen molar-refractivity contribution in [2.24, 2.45) is 0 Å². The fourth-order valence-corrected chi connectivity index (χ4v) is 2.82. The minimum atomic E-state index is -1.01. The first-order valence-corrected chi connectivity index (χ1v) is 12.4. The molecule has 0 aromatic rings. The molecule has 1 N–H and O–H groups in total. The van der Waals surface area contributed by atoms with Gasteiger partial charge >= 0.3 is 5.97 Å². The molecule has 0 aliphatic carbocycles. The fraction of sp³-hybridized carbons (Fsp3) is 0.941. The van der Waals surface area contributed by atoms with Crippen molar-refractivity contribution in [3.63, 3.8) is 0 Å². The zero-order valence-corrected chi connectivity index (χ0v) is 16.6. The fourth-order valence-electron chi connectivity index (χ4n) is 2.06. The first-order valence-electron chi connectivity index (χ1n) is 8.71. The summed E-state index contributed by atoms with van der Waals surface area (Å²) < 4.78 is 15.6. The topological polar surface area (TPSA) is 65.0 Å². The Labute approximate surface area is 142 Å². The number of methoxy groups -OCH3 is 1. The summed E-state index contributed by atoms with van der Waals surface area (Å²) in [6.45, 7) is 10.3. The third-order valence-electron chi connectivity index (χ3n) is 3.74. The number of unbranched alkanes of at least 4 members (excludes halogenated alkanes) is 3. The molecule has 0 aliphatic rings. The van der Waals surface area contributed by atoms with Gasteiger partial charge in [0.05, 0.1) is 13.2 Å². The standard InChI is InChI=1S/C17H36O5Si/c1-15(22-14-21-12-13-23(3,4)5)10-8-6-7-9-11-16(18)17(19)20-2/h15-16,18H,6-14H2,1-5H3/t15-,16+/m0/s1. The van der Waals surface area contributed by atoms with E-state index in [1.807, 2.05) is 0 Å². The van der Waals surface area contributed by atoms with Crippen molar-refractivity contribution in [3.05, 3.63) is 0 Å². The number of carbonyl (C=O) groups is 1. The summed E-state index contributed by atoms with van der Waals surface area (Å²) in [7, 11) is 0.280. The van der Waals surface area contributed by atoms with Crippen LogP contribution in [0.2, 0.25) is 25.7 Å². The monoisotopic (exact) mass is 348 g/mol. The molecule has 0 heterocycles. The minimum Gasteiger partial charge on any atom is -0.467 e. The lowest BCUT2D eigenvalue weighted by atomic mass is 10.1. The molecule has 0 spiro atoms. The van der Waals surface area contributed by atoms with Crippen molar-refractivity contribution >= 4 is 14.0 Å². The summed E-state index contributed by atoms with van der Waals surface area (Å²) in [6.07, 6.45) is 4.74. The Balaban J connectivity index is 3.40. The summed E-state index contributed by atoms with van der Waals surface area (Å²) in [5.74, 6) is -0.541. The van der Waals surface area contributed by atoms with Crippen molar-refractivity contribution in [1.82, 2.24) is 0 Å². The van der Waals surface area contributed by atoms with Gasteiger partial charge in [0, 0.05) is 14.7 Å². The van der Waals surface area contributed by atoms with Crippen molar-refractivity contribution in [2.45, 2.75) is 83.3 Å². The number of hydrogen-bond acceptors (Lipinski definition) is 5. The number of carbonyl (C=O) groups excluding carboxylic acids is 1. The third kappa shape index (κ3) is 14.9. The van der Waals surface area contributed by atoms with E-state index >= 15 is 0 Å². The van der Waals surface area contributed by atoms with Crippen LogP contribution in [0.5, 0.6) is 0 Å². The van der Waals surface area contributed by atoms with Crippen molar-refractivity contribution in [3.8, 4) is 0 Å². The van der Waals surface area contributed by atoms with E-state index in [9.17, 15) is 9.90 Å². The molecule has 6 heteroatoms. The van der Waals surface area contributed by atoms with Crippen molar-refractivity contribution in [2.75, 3.05) is 20.5 Å². The van der Waals surface area contributed by atoms with Gasteiger partial charge in [-0.15, -0.1) is 0 Å². The maximum Gasteiger partial charge on any atom is 0.334 e. The van der Waals surface area contributed by atoms with Gasteiger partial charge in [0.15, 0.2) is 6.10 Å².